The average Bonchev–Trinajstić information content (AvgIpc) is 3.08. The second-order valence-corrected chi connectivity index (χ2v) is 14.7. The van der Waals surface area contributed by atoms with E-state index in [0.29, 0.717) is 31.7 Å². The number of nitrogens with zero attached hydrogens (tertiary/aromatic N) is 1. The Bertz CT molecular complexity index is 1650. The number of hydrogen-bond donors (Lipinski definition) is 5. The van der Waals surface area contributed by atoms with Crippen molar-refractivity contribution in [3.8, 4) is 5.75 Å². The van der Waals surface area contributed by atoms with Crippen molar-refractivity contribution in [2.75, 3.05) is 26.5 Å². The van der Waals surface area contributed by atoms with Crippen molar-refractivity contribution >= 4 is 123 Å². The number of phosphoric ester groups is 1. The average molecular weight is 829 g/mol. The molecule has 4 amide bonds. The first-order chi connectivity index (χ1) is 24.8. The van der Waals surface area contributed by atoms with E-state index in [-0.39, 0.29) is 134 Å². The third kappa shape index (κ3) is 17.8. The van der Waals surface area contributed by atoms with E-state index >= 15 is 0 Å². The number of carbonyl (C=O) groups is 3. The van der Waals surface area contributed by atoms with Crippen LogP contribution in [0.5, 0.6) is 5.75 Å². The molecule has 1 aliphatic heterocycles. The molecule has 3 aromatic rings. The van der Waals surface area contributed by atoms with Crippen molar-refractivity contribution in [2.45, 2.75) is 77.6 Å². The van der Waals surface area contributed by atoms with Crippen molar-refractivity contribution in [3.63, 3.8) is 0 Å². The summed E-state index contributed by atoms with van der Waals surface area (Å²) in [6.45, 7) is 7.47. The second kappa shape index (κ2) is 26.2. The van der Waals surface area contributed by atoms with Crippen LogP contribution in [-0.2, 0) is 36.3 Å². The van der Waals surface area contributed by atoms with Crippen LogP contribution in [0.3, 0.4) is 0 Å². The van der Waals surface area contributed by atoms with E-state index < -0.39 is 44.8 Å². The van der Waals surface area contributed by atoms with Gasteiger partial charge in [0.2, 0.25) is 5.91 Å². The van der Waals surface area contributed by atoms with E-state index in [0.717, 1.165) is 22.3 Å². The number of ether oxygens (including phenoxy) is 2. The molecular formula is C38H55CaN4Na2O9P. The maximum atomic E-state index is 14.1. The number of urea groups is 1. The zero-order valence-electron chi connectivity index (χ0n) is 30.2. The maximum absolute atomic E-state index is 14.1. The number of aryl methyl sites for hydroxylation is 2. The summed E-state index contributed by atoms with van der Waals surface area (Å²) in [4.78, 5) is 60.9. The molecule has 1 saturated heterocycles. The first-order valence-corrected chi connectivity index (χ1v) is 19.1. The van der Waals surface area contributed by atoms with E-state index in [9.17, 15) is 28.7 Å². The van der Waals surface area contributed by atoms with Gasteiger partial charge in [-0.05, 0) is 67.7 Å². The molecule has 13 nitrogen and oxygen atoms in total. The zero-order valence-corrected chi connectivity index (χ0v) is 31.1. The molecule has 290 valence electrons. The van der Waals surface area contributed by atoms with Crippen molar-refractivity contribution in [1.29, 1.82) is 0 Å². The Morgan fingerprint density at radius 2 is 1.47 bits per heavy atom. The predicted molar refractivity (Wildman–Crippen MR) is 219 cm³/mol. The summed E-state index contributed by atoms with van der Waals surface area (Å²) in [5, 5.41) is 9.02. The van der Waals surface area contributed by atoms with Crippen molar-refractivity contribution in [2.24, 2.45) is 5.92 Å². The van der Waals surface area contributed by atoms with E-state index in [2.05, 4.69) is 16.0 Å². The molecule has 4 rings (SSSR count). The Kier molecular flexibility index (Phi) is 24.8. The normalized spacial score (nSPS) is 14.8. The molecule has 1 fully saturated rings. The van der Waals surface area contributed by atoms with Gasteiger partial charge < -0.3 is 40.1 Å². The van der Waals surface area contributed by atoms with Crippen LogP contribution in [0.2, 0.25) is 0 Å². The van der Waals surface area contributed by atoms with Crippen LogP contribution < -0.4 is 20.7 Å². The van der Waals surface area contributed by atoms with Gasteiger partial charge in [-0.3, -0.25) is 14.1 Å². The Morgan fingerprint density at radius 1 is 0.891 bits per heavy atom. The van der Waals surface area contributed by atoms with Gasteiger partial charge in [0.15, 0.2) is 13.4 Å². The Hall–Kier alpha value is -1.00. The molecule has 5 N–H and O–H groups in total. The summed E-state index contributed by atoms with van der Waals surface area (Å²) in [6.07, 6.45) is 0.549. The zero-order chi connectivity index (χ0) is 37.7. The summed E-state index contributed by atoms with van der Waals surface area (Å²) in [7, 11) is -4.90. The molecule has 55 heavy (non-hydrogen) atoms. The van der Waals surface area contributed by atoms with E-state index in [1.54, 1.807) is 4.90 Å². The molecule has 1 heterocycles. The van der Waals surface area contributed by atoms with Crippen LogP contribution in [-0.4, -0.2) is 180 Å². The predicted octanol–water partition coefficient (Wildman–Crippen LogP) is 2.21. The molecule has 0 radical (unpaired) electrons. The van der Waals surface area contributed by atoms with Crippen LogP contribution in [0, 0.1) is 19.8 Å². The number of carbonyl (C=O) groups excluding carboxylic acids is 3. The van der Waals surface area contributed by atoms with Gasteiger partial charge in [0.25, 0.3) is 5.91 Å². The summed E-state index contributed by atoms with van der Waals surface area (Å²) in [5.41, 5.74) is 3.55. The fraction of sp³-hybridized carbons (Fsp3) is 0.447. The van der Waals surface area contributed by atoms with Crippen LogP contribution >= 0.6 is 7.82 Å². The van der Waals surface area contributed by atoms with Gasteiger partial charge in [-0.15, -0.1) is 0 Å². The number of benzene rings is 3. The van der Waals surface area contributed by atoms with Crippen LogP contribution in [0.25, 0.3) is 0 Å². The van der Waals surface area contributed by atoms with E-state index in [1.165, 1.54) is 0 Å². The molecular weight excluding hydrogens is 773 g/mol. The number of rotatable bonds is 19. The summed E-state index contributed by atoms with van der Waals surface area (Å²) < 4.78 is 28.4. The van der Waals surface area contributed by atoms with Crippen LogP contribution in [0.1, 0.15) is 48.9 Å². The fourth-order valence-electron chi connectivity index (χ4n) is 6.47. The molecule has 0 aromatic heterocycles. The Balaban J connectivity index is 0.00000504. The first kappa shape index (κ1) is 52.0. The standard InChI is InChI=1S/C38H51N4O9P.Ca.2Na.4H/c1-26(2)35(42-20-12-19-39-38(42)45)37(44)40-31(21-29-15-7-5-8-16-29)23-33(50-25-51-52(46,47)48)32(22-30-17-9-6-10-18-30)41-34(43)24-49-36-27(3)13-11-14-28(36)4;;;;;;;/h5-11,13-18,26,31-33,35H,12,19-25H2,1-4H3,(H,39,45)(H,40,44)(H,41,43)(H2,46,47,48);;;;;;;/t31-,32+,33+,35+;;;;;;;/m1......./s1. The molecule has 17 heteroatoms. The van der Waals surface area contributed by atoms with Gasteiger partial charge in [0, 0.05) is 19.1 Å². The molecule has 0 bridgehead atoms. The second-order valence-electron chi connectivity index (χ2n) is 13.4. The van der Waals surface area contributed by atoms with Gasteiger partial charge in [-0.25, -0.2) is 9.36 Å². The molecule has 0 saturated carbocycles. The van der Waals surface area contributed by atoms with Gasteiger partial charge in [0.1, 0.15) is 11.8 Å². The van der Waals surface area contributed by atoms with Crippen molar-refractivity contribution in [3.05, 3.63) is 101 Å². The topological polar surface area (TPSA) is 176 Å². The number of phosphoric acid groups is 1. The van der Waals surface area contributed by atoms with Crippen LogP contribution in [0.4, 0.5) is 4.79 Å². The fourth-order valence-corrected chi connectivity index (χ4v) is 6.67. The Labute approximate surface area is 398 Å². The van der Waals surface area contributed by atoms with E-state index in [1.807, 2.05) is 107 Å². The van der Waals surface area contributed by atoms with Gasteiger partial charge in [-0.1, -0.05) is 92.7 Å². The van der Waals surface area contributed by atoms with Gasteiger partial charge in [-0.2, -0.15) is 0 Å². The van der Waals surface area contributed by atoms with Crippen LogP contribution in [0.15, 0.2) is 78.9 Å². The third-order valence-corrected chi connectivity index (χ3v) is 9.33. The minimum atomic E-state index is -4.90. The van der Waals surface area contributed by atoms with Gasteiger partial charge in [0.05, 0.1) is 12.1 Å². The molecule has 3 aromatic carbocycles. The summed E-state index contributed by atoms with van der Waals surface area (Å²) in [6, 6.07) is 22.2. The molecule has 0 spiro atoms. The number of nitrogens with one attached hydrogen (secondary N) is 3. The van der Waals surface area contributed by atoms with E-state index in [4.69, 9.17) is 14.0 Å². The minimum absolute atomic E-state index is 0. The molecule has 0 unspecified atom stereocenters. The third-order valence-electron chi connectivity index (χ3n) is 8.89. The SMILES string of the molecule is Cc1cccc(C)c1OCC(=O)N[C@@H](Cc1ccccc1)[C@H](C[C@@H](Cc1ccccc1)NC(=O)[C@H](C(C)C)N1CCCNC1=O)OCOP(=O)(O)O.[CaH2].[NaH].[NaH]. The molecule has 0 aliphatic carbocycles. The first-order valence-electron chi connectivity index (χ1n) is 17.5. The number of para-hydroxylation sites is 1. The number of amides is 4. The molecule has 4 atom stereocenters. The quantitative estimate of drug-likeness (QED) is 0.0690. The van der Waals surface area contributed by atoms with Gasteiger partial charge >= 0.3 is 111 Å². The van der Waals surface area contributed by atoms with Crippen molar-refractivity contribution in [1.82, 2.24) is 20.9 Å². The number of hydrogen-bond acceptors (Lipinski definition) is 7. The summed E-state index contributed by atoms with van der Waals surface area (Å²) >= 11 is 0. The van der Waals surface area contributed by atoms with Crippen molar-refractivity contribution < 1.29 is 42.7 Å². The monoisotopic (exact) mass is 828 g/mol. The summed E-state index contributed by atoms with van der Waals surface area (Å²) in [5.74, 6) is -0.378. The molecule has 1 aliphatic rings. The Morgan fingerprint density at radius 3 is 2.02 bits per heavy atom.